The normalized spacial score (nSPS) is 20.1. The molecule has 1 N–H and O–H groups in total. The average molecular weight is 199 g/mol. The van der Waals surface area contributed by atoms with Gasteiger partial charge in [-0.05, 0) is 46.1 Å². The van der Waals surface area contributed by atoms with Crippen LogP contribution in [0.5, 0.6) is 0 Å². The number of hydrogen-bond donors (Lipinski definition) is 1. The van der Waals surface area contributed by atoms with Crippen molar-refractivity contribution < 1.29 is 4.74 Å². The second-order valence-electron chi connectivity index (χ2n) is 4.46. The van der Waals surface area contributed by atoms with Crippen LogP contribution < -0.4 is 5.32 Å². The number of hydrogen-bond acceptors (Lipinski definition) is 2. The summed E-state index contributed by atoms with van der Waals surface area (Å²) in [5, 5.41) is 3.26. The monoisotopic (exact) mass is 199 g/mol. The molecule has 84 valence electrons. The summed E-state index contributed by atoms with van der Waals surface area (Å²) >= 11 is 0. The molecule has 1 fully saturated rings. The molecule has 0 aromatic carbocycles. The van der Waals surface area contributed by atoms with E-state index < -0.39 is 0 Å². The summed E-state index contributed by atoms with van der Waals surface area (Å²) < 4.78 is 5.80. The first-order chi connectivity index (χ1) is 6.83. The highest BCUT2D eigenvalue weighted by Crippen LogP contribution is 2.21. The number of ether oxygens (including phenoxy) is 1. The molecule has 1 saturated carbocycles. The first-order valence-corrected chi connectivity index (χ1v) is 6.12. The molecule has 1 rings (SSSR count). The van der Waals surface area contributed by atoms with Gasteiger partial charge in [0.1, 0.15) is 0 Å². The van der Waals surface area contributed by atoms with Crippen molar-refractivity contribution in [2.24, 2.45) is 0 Å². The molecule has 0 aromatic heterocycles. The van der Waals surface area contributed by atoms with Crippen LogP contribution in [-0.4, -0.2) is 25.8 Å². The van der Waals surface area contributed by atoms with Crippen LogP contribution in [0.2, 0.25) is 0 Å². The molecule has 0 aliphatic heterocycles. The molecule has 1 aliphatic rings. The molecule has 14 heavy (non-hydrogen) atoms. The van der Waals surface area contributed by atoms with E-state index in [9.17, 15) is 0 Å². The average Bonchev–Trinajstić information content (AvgIpc) is 2.69. The van der Waals surface area contributed by atoms with Crippen LogP contribution in [0.4, 0.5) is 0 Å². The Morgan fingerprint density at radius 2 is 2.00 bits per heavy atom. The van der Waals surface area contributed by atoms with Crippen molar-refractivity contribution in [2.75, 3.05) is 13.7 Å². The highest BCUT2D eigenvalue weighted by atomic mass is 16.5. The number of nitrogens with one attached hydrogen (secondary N) is 1. The predicted molar refractivity (Wildman–Crippen MR) is 60.6 cm³/mol. The lowest BCUT2D eigenvalue weighted by Crippen LogP contribution is -2.20. The molecule has 0 amide bonds. The zero-order valence-corrected chi connectivity index (χ0v) is 9.72. The van der Waals surface area contributed by atoms with Gasteiger partial charge in [0, 0.05) is 12.6 Å². The van der Waals surface area contributed by atoms with E-state index in [-0.39, 0.29) is 0 Å². The van der Waals surface area contributed by atoms with E-state index >= 15 is 0 Å². The molecule has 1 aliphatic carbocycles. The number of unbranched alkanes of at least 4 members (excludes halogenated alkanes) is 1. The summed E-state index contributed by atoms with van der Waals surface area (Å²) in [7, 11) is 2.03. The molecule has 0 bridgehead atoms. The molecule has 0 heterocycles. The minimum atomic E-state index is 0.594. The van der Waals surface area contributed by atoms with Gasteiger partial charge in [-0.3, -0.25) is 0 Å². The van der Waals surface area contributed by atoms with Crippen LogP contribution in [0.25, 0.3) is 0 Å². The summed E-state index contributed by atoms with van der Waals surface area (Å²) in [5.74, 6) is 0. The molecule has 1 unspecified atom stereocenters. The van der Waals surface area contributed by atoms with Crippen LogP contribution >= 0.6 is 0 Å². The van der Waals surface area contributed by atoms with Gasteiger partial charge < -0.3 is 10.1 Å². The molecule has 0 spiro atoms. The van der Waals surface area contributed by atoms with Crippen molar-refractivity contribution in [1.29, 1.82) is 0 Å². The van der Waals surface area contributed by atoms with Crippen LogP contribution in [0, 0.1) is 0 Å². The lowest BCUT2D eigenvalue weighted by Gasteiger charge is -2.12. The standard InChI is InChI=1S/C12H25NO/c1-11(13-2)7-5-6-10-14-12-8-3-4-9-12/h11-13H,3-10H2,1-2H3. The van der Waals surface area contributed by atoms with Crippen molar-refractivity contribution >= 4 is 0 Å². The molecule has 0 radical (unpaired) electrons. The number of rotatable bonds is 7. The summed E-state index contributed by atoms with van der Waals surface area (Å²) in [6.45, 7) is 3.21. The Hall–Kier alpha value is -0.0800. The Balaban J connectivity index is 1.84. The van der Waals surface area contributed by atoms with Gasteiger partial charge in [0.15, 0.2) is 0 Å². The van der Waals surface area contributed by atoms with Gasteiger partial charge in [0.25, 0.3) is 0 Å². The van der Waals surface area contributed by atoms with E-state index in [1.165, 1.54) is 44.9 Å². The largest absolute Gasteiger partial charge is 0.378 e. The molecular weight excluding hydrogens is 174 g/mol. The zero-order chi connectivity index (χ0) is 10.2. The molecule has 0 aromatic rings. The van der Waals surface area contributed by atoms with Gasteiger partial charge in [-0.15, -0.1) is 0 Å². The van der Waals surface area contributed by atoms with Gasteiger partial charge in [-0.25, -0.2) is 0 Å². The van der Waals surface area contributed by atoms with Crippen molar-refractivity contribution in [3.63, 3.8) is 0 Å². The fourth-order valence-electron chi connectivity index (χ4n) is 2.00. The topological polar surface area (TPSA) is 21.3 Å². The zero-order valence-electron chi connectivity index (χ0n) is 9.72. The highest BCUT2D eigenvalue weighted by Gasteiger charge is 2.14. The van der Waals surface area contributed by atoms with Gasteiger partial charge in [0.05, 0.1) is 6.10 Å². The van der Waals surface area contributed by atoms with Crippen LogP contribution in [-0.2, 0) is 4.74 Å². The second kappa shape index (κ2) is 7.24. The van der Waals surface area contributed by atoms with Crippen LogP contribution in [0.15, 0.2) is 0 Å². The lowest BCUT2D eigenvalue weighted by molar-refractivity contribution is 0.0554. The van der Waals surface area contributed by atoms with E-state index in [0.717, 1.165) is 6.61 Å². The molecule has 2 heteroatoms. The minimum absolute atomic E-state index is 0.594. The maximum Gasteiger partial charge on any atom is 0.0575 e. The molecule has 0 saturated heterocycles. The minimum Gasteiger partial charge on any atom is -0.378 e. The smallest absolute Gasteiger partial charge is 0.0575 e. The third-order valence-electron chi connectivity index (χ3n) is 3.18. The Bertz CT molecular complexity index is 132. The summed E-state index contributed by atoms with van der Waals surface area (Å²) in [4.78, 5) is 0. The van der Waals surface area contributed by atoms with Crippen molar-refractivity contribution in [2.45, 2.75) is 64.0 Å². The first-order valence-electron chi connectivity index (χ1n) is 6.12. The Morgan fingerprint density at radius 1 is 1.29 bits per heavy atom. The van der Waals surface area contributed by atoms with Gasteiger partial charge >= 0.3 is 0 Å². The summed E-state index contributed by atoms with van der Waals surface area (Å²) in [6, 6.07) is 0.654. The summed E-state index contributed by atoms with van der Waals surface area (Å²) in [5.41, 5.74) is 0. The van der Waals surface area contributed by atoms with Crippen molar-refractivity contribution in [3.8, 4) is 0 Å². The van der Waals surface area contributed by atoms with Gasteiger partial charge in [-0.1, -0.05) is 12.8 Å². The van der Waals surface area contributed by atoms with E-state index in [0.29, 0.717) is 12.1 Å². The maximum atomic E-state index is 5.80. The predicted octanol–water partition coefficient (Wildman–Crippen LogP) is 2.72. The molecular formula is C12H25NO. The third-order valence-corrected chi connectivity index (χ3v) is 3.18. The second-order valence-corrected chi connectivity index (χ2v) is 4.46. The van der Waals surface area contributed by atoms with Crippen molar-refractivity contribution in [1.82, 2.24) is 5.32 Å². The van der Waals surface area contributed by atoms with Crippen LogP contribution in [0.3, 0.4) is 0 Å². The van der Waals surface area contributed by atoms with Gasteiger partial charge in [-0.2, -0.15) is 0 Å². The van der Waals surface area contributed by atoms with E-state index in [4.69, 9.17) is 4.74 Å². The third kappa shape index (κ3) is 4.97. The SMILES string of the molecule is CNC(C)CCCCOC1CCCC1. The Morgan fingerprint density at radius 3 is 2.64 bits per heavy atom. The van der Waals surface area contributed by atoms with E-state index in [2.05, 4.69) is 12.2 Å². The lowest BCUT2D eigenvalue weighted by atomic mass is 10.1. The van der Waals surface area contributed by atoms with Gasteiger partial charge in [0.2, 0.25) is 0 Å². The van der Waals surface area contributed by atoms with Crippen LogP contribution in [0.1, 0.15) is 51.9 Å². The highest BCUT2D eigenvalue weighted by molar-refractivity contribution is 4.66. The van der Waals surface area contributed by atoms with E-state index in [1.807, 2.05) is 7.05 Å². The van der Waals surface area contributed by atoms with E-state index in [1.54, 1.807) is 0 Å². The summed E-state index contributed by atoms with van der Waals surface area (Å²) in [6.07, 6.45) is 9.72. The quantitative estimate of drug-likeness (QED) is 0.637. The fourth-order valence-corrected chi connectivity index (χ4v) is 2.00. The fraction of sp³-hybridized carbons (Fsp3) is 1.00. The first kappa shape index (κ1) is 12.0. The van der Waals surface area contributed by atoms with Crippen molar-refractivity contribution in [3.05, 3.63) is 0 Å². The molecule has 2 nitrogen and oxygen atoms in total. The Labute approximate surface area is 88.4 Å². The molecule has 1 atom stereocenters. The maximum absolute atomic E-state index is 5.80. The Kier molecular flexibility index (Phi) is 6.20.